The van der Waals surface area contributed by atoms with Gasteiger partial charge in [-0.1, -0.05) is 37.3 Å². The lowest BCUT2D eigenvalue weighted by Crippen LogP contribution is -2.35. The second kappa shape index (κ2) is 6.83. The van der Waals surface area contributed by atoms with Crippen LogP contribution in [0.4, 0.5) is 0 Å². The Morgan fingerprint density at radius 2 is 2.10 bits per heavy atom. The van der Waals surface area contributed by atoms with Crippen molar-refractivity contribution in [2.24, 2.45) is 0 Å². The SMILES string of the molecule is CCCOCCc1nnc2n1CCNC2c1ccccc1. The van der Waals surface area contributed by atoms with E-state index in [2.05, 4.69) is 51.3 Å². The third-order valence-electron chi connectivity index (χ3n) is 3.75. The first-order valence-corrected chi connectivity index (χ1v) is 7.68. The topological polar surface area (TPSA) is 52.0 Å². The molecule has 0 radical (unpaired) electrons. The van der Waals surface area contributed by atoms with E-state index >= 15 is 0 Å². The molecule has 112 valence electrons. The fraction of sp³-hybridized carbons (Fsp3) is 0.500. The lowest BCUT2D eigenvalue weighted by Gasteiger charge is -2.25. The molecule has 1 aliphatic rings. The maximum absolute atomic E-state index is 5.56. The van der Waals surface area contributed by atoms with Gasteiger partial charge < -0.3 is 14.6 Å². The fourth-order valence-corrected chi connectivity index (χ4v) is 2.73. The molecule has 0 bridgehead atoms. The molecule has 0 saturated heterocycles. The van der Waals surface area contributed by atoms with Crippen molar-refractivity contribution in [3.05, 3.63) is 47.5 Å². The van der Waals surface area contributed by atoms with Gasteiger partial charge in [0.15, 0.2) is 5.82 Å². The number of nitrogens with zero attached hydrogens (tertiary/aromatic N) is 3. The molecule has 5 heteroatoms. The highest BCUT2D eigenvalue weighted by molar-refractivity contribution is 5.26. The highest BCUT2D eigenvalue weighted by Crippen LogP contribution is 2.23. The molecule has 1 aromatic heterocycles. The van der Waals surface area contributed by atoms with Gasteiger partial charge in [0.05, 0.1) is 12.6 Å². The first-order valence-electron chi connectivity index (χ1n) is 7.68. The van der Waals surface area contributed by atoms with Crippen LogP contribution < -0.4 is 5.32 Å². The molecule has 1 N–H and O–H groups in total. The molecule has 0 spiro atoms. The van der Waals surface area contributed by atoms with Crippen molar-refractivity contribution < 1.29 is 4.74 Å². The van der Waals surface area contributed by atoms with E-state index in [4.69, 9.17) is 4.74 Å². The van der Waals surface area contributed by atoms with Crippen LogP contribution in [0.5, 0.6) is 0 Å². The van der Waals surface area contributed by atoms with Gasteiger partial charge in [0.25, 0.3) is 0 Å². The summed E-state index contributed by atoms with van der Waals surface area (Å²) in [5.41, 5.74) is 1.24. The van der Waals surface area contributed by atoms with Gasteiger partial charge in [0.2, 0.25) is 0 Å². The monoisotopic (exact) mass is 286 g/mol. The average Bonchev–Trinajstić information content (AvgIpc) is 2.96. The zero-order valence-electron chi connectivity index (χ0n) is 12.5. The summed E-state index contributed by atoms with van der Waals surface area (Å²) in [6.45, 7) is 5.52. The van der Waals surface area contributed by atoms with Gasteiger partial charge in [-0.15, -0.1) is 10.2 Å². The molecule has 0 aliphatic carbocycles. The average molecular weight is 286 g/mol. The quantitative estimate of drug-likeness (QED) is 0.825. The summed E-state index contributed by atoms with van der Waals surface area (Å²) < 4.78 is 7.80. The summed E-state index contributed by atoms with van der Waals surface area (Å²) in [5.74, 6) is 2.04. The Morgan fingerprint density at radius 1 is 1.24 bits per heavy atom. The van der Waals surface area contributed by atoms with E-state index in [0.29, 0.717) is 0 Å². The molecular weight excluding hydrogens is 264 g/mol. The van der Waals surface area contributed by atoms with E-state index in [9.17, 15) is 0 Å². The van der Waals surface area contributed by atoms with Crippen molar-refractivity contribution in [3.8, 4) is 0 Å². The summed E-state index contributed by atoms with van der Waals surface area (Å²) in [5, 5.41) is 12.3. The Bertz CT molecular complexity index is 567. The Hall–Kier alpha value is -1.72. The van der Waals surface area contributed by atoms with Crippen LogP contribution in [0.1, 0.15) is 36.6 Å². The highest BCUT2D eigenvalue weighted by atomic mass is 16.5. The van der Waals surface area contributed by atoms with E-state index in [1.165, 1.54) is 5.56 Å². The van der Waals surface area contributed by atoms with E-state index in [0.717, 1.165) is 50.8 Å². The molecule has 0 amide bonds. The van der Waals surface area contributed by atoms with E-state index in [1.54, 1.807) is 0 Å². The molecule has 0 fully saturated rings. The molecule has 1 atom stereocenters. The molecule has 2 heterocycles. The van der Waals surface area contributed by atoms with Gasteiger partial charge in [-0.3, -0.25) is 0 Å². The third-order valence-corrected chi connectivity index (χ3v) is 3.75. The second-order valence-corrected chi connectivity index (χ2v) is 5.29. The third kappa shape index (κ3) is 3.14. The van der Waals surface area contributed by atoms with Gasteiger partial charge >= 0.3 is 0 Å². The summed E-state index contributed by atoms with van der Waals surface area (Å²) in [6.07, 6.45) is 1.88. The highest BCUT2D eigenvalue weighted by Gasteiger charge is 2.25. The zero-order chi connectivity index (χ0) is 14.5. The normalized spacial score (nSPS) is 17.7. The maximum atomic E-state index is 5.56. The number of hydrogen-bond donors (Lipinski definition) is 1. The van der Waals surface area contributed by atoms with E-state index in [-0.39, 0.29) is 6.04 Å². The largest absolute Gasteiger partial charge is 0.381 e. The number of nitrogens with one attached hydrogen (secondary N) is 1. The van der Waals surface area contributed by atoms with Crippen LogP contribution in [0.15, 0.2) is 30.3 Å². The van der Waals surface area contributed by atoms with Gasteiger partial charge in [-0.25, -0.2) is 0 Å². The lowest BCUT2D eigenvalue weighted by molar-refractivity contribution is 0.136. The Kier molecular flexibility index (Phi) is 4.62. The minimum absolute atomic E-state index is 0.137. The summed E-state index contributed by atoms with van der Waals surface area (Å²) in [4.78, 5) is 0. The molecule has 5 nitrogen and oxygen atoms in total. The zero-order valence-corrected chi connectivity index (χ0v) is 12.5. The van der Waals surface area contributed by atoms with Crippen molar-refractivity contribution in [3.63, 3.8) is 0 Å². The van der Waals surface area contributed by atoms with Crippen molar-refractivity contribution in [1.29, 1.82) is 0 Å². The Balaban J connectivity index is 1.76. The minimum Gasteiger partial charge on any atom is -0.381 e. The molecule has 1 unspecified atom stereocenters. The molecule has 21 heavy (non-hydrogen) atoms. The summed E-state index contributed by atoms with van der Waals surface area (Å²) in [6, 6.07) is 10.6. The van der Waals surface area contributed by atoms with Crippen LogP contribution in [0, 0.1) is 0 Å². The number of fused-ring (bicyclic) bond motifs is 1. The second-order valence-electron chi connectivity index (χ2n) is 5.29. The van der Waals surface area contributed by atoms with Crippen molar-refractivity contribution >= 4 is 0 Å². The predicted molar refractivity (Wildman–Crippen MR) is 81.1 cm³/mol. The number of rotatable bonds is 6. The molecule has 1 aliphatic heterocycles. The smallest absolute Gasteiger partial charge is 0.154 e. The number of hydrogen-bond acceptors (Lipinski definition) is 4. The molecule has 3 rings (SSSR count). The van der Waals surface area contributed by atoms with Crippen molar-refractivity contribution in [1.82, 2.24) is 20.1 Å². The maximum Gasteiger partial charge on any atom is 0.154 e. The van der Waals surface area contributed by atoms with E-state index in [1.807, 2.05) is 6.07 Å². The predicted octanol–water partition coefficient (Wildman–Crippen LogP) is 1.94. The van der Waals surface area contributed by atoms with Crippen molar-refractivity contribution in [2.45, 2.75) is 32.4 Å². The minimum atomic E-state index is 0.137. The molecule has 1 aromatic carbocycles. The Morgan fingerprint density at radius 3 is 2.90 bits per heavy atom. The molecular formula is C16H22N4O. The van der Waals surface area contributed by atoms with Crippen LogP contribution in [0.3, 0.4) is 0 Å². The fourth-order valence-electron chi connectivity index (χ4n) is 2.73. The number of aromatic nitrogens is 3. The van der Waals surface area contributed by atoms with Gasteiger partial charge in [-0.05, 0) is 12.0 Å². The number of ether oxygens (including phenoxy) is 1. The van der Waals surface area contributed by atoms with Crippen LogP contribution in [-0.2, 0) is 17.7 Å². The van der Waals surface area contributed by atoms with Crippen LogP contribution in [0.25, 0.3) is 0 Å². The lowest BCUT2D eigenvalue weighted by atomic mass is 10.0. The Labute approximate surface area is 125 Å². The van der Waals surface area contributed by atoms with Crippen LogP contribution in [-0.4, -0.2) is 34.5 Å². The summed E-state index contributed by atoms with van der Waals surface area (Å²) in [7, 11) is 0. The standard InChI is InChI=1S/C16H22N4O/c1-2-11-21-12-8-14-18-19-16-15(17-9-10-20(14)16)13-6-4-3-5-7-13/h3-7,15,17H,2,8-12H2,1H3. The molecule has 2 aromatic rings. The van der Waals surface area contributed by atoms with Gasteiger partial charge in [-0.2, -0.15) is 0 Å². The van der Waals surface area contributed by atoms with Crippen LogP contribution >= 0.6 is 0 Å². The van der Waals surface area contributed by atoms with E-state index < -0.39 is 0 Å². The van der Waals surface area contributed by atoms with Crippen LogP contribution in [0.2, 0.25) is 0 Å². The number of benzene rings is 1. The first-order chi connectivity index (χ1) is 10.4. The van der Waals surface area contributed by atoms with Gasteiger partial charge in [0.1, 0.15) is 5.82 Å². The van der Waals surface area contributed by atoms with Gasteiger partial charge in [0, 0.05) is 26.1 Å². The summed E-state index contributed by atoms with van der Waals surface area (Å²) >= 11 is 0. The first kappa shape index (κ1) is 14.2. The van der Waals surface area contributed by atoms with Crippen molar-refractivity contribution in [2.75, 3.05) is 19.8 Å². The molecule has 0 saturated carbocycles.